The molecule has 4 aromatic rings. The first-order chi connectivity index (χ1) is 15.9. The van der Waals surface area contributed by atoms with Crippen LogP contribution in [0.2, 0.25) is 0 Å². The van der Waals surface area contributed by atoms with Crippen molar-refractivity contribution in [2.75, 3.05) is 11.1 Å². The molecule has 0 saturated heterocycles. The van der Waals surface area contributed by atoms with E-state index in [-0.39, 0.29) is 23.0 Å². The molecule has 0 radical (unpaired) electrons. The molecular weight excluding hydrogens is 456 g/mol. The lowest BCUT2D eigenvalue weighted by molar-refractivity contribution is -0.115. The second-order valence-corrected chi connectivity index (χ2v) is 10.4. The minimum atomic E-state index is -3.27. The van der Waals surface area contributed by atoms with Crippen LogP contribution in [0.15, 0.2) is 89.8 Å². The highest BCUT2D eigenvalue weighted by molar-refractivity contribution is 7.91. The van der Waals surface area contributed by atoms with Gasteiger partial charge in [0.1, 0.15) is 11.4 Å². The number of carbonyl (C=O) groups is 1. The van der Waals surface area contributed by atoms with E-state index in [4.69, 9.17) is 4.74 Å². The number of para-hydroxylation sites is 1. The molecule has 0 aliphatic carbocycles. The van der Waals surface area contributed by atoms with Gasteiger partial charge in [-0.25, -0.2) is 13.4 Å². The number of thiazole rings is 1. The van der Waals surface area contributed by atoms with Crippen molar-refractivity contribution in [3.8, 4) is 22.1 Å². The van der Waals surface area contributed by atoms with Gasteiger partial charge in [-0.15, -0.1) is 0 Å². The van der Waals surface area contributed by atoms with Crippen LogP contribution >= 0.6 is 11.3 Å². The molecule has 1 heterocycles. The summed E-state index contributed by atoms with van der Waals surface area (Å²) < 4.78 is 30.0. The average molecular weight is 479 g/mol. The number of nitrogens with zero attached hydrogens (tertiary/aromatic N) is 1. The Labute approximate surface area is 196 Å². The summed E-state index contributed by atoms with van der Waals surface area (Å²) in [6.07, 6.45) is 0.0988. The maximum absolute atomic E-state index is 12.6. The van der Waals surface area contributed by atoms with E-state index in [1.807, 2.05) is 60.7 Å². The van der Waals surface area contributed by atoms with E-state index in [0.29, 0.717) is 27.2 Å². The summed E-state index contributed by atoms with van der Waals surface area (Å²) in [4.78, 5) is 17.5. The van der Waals surface area contributed by atoms with Crippen LogP contribution in [-0.2, 0) is 21.1 Å². The van der Waals surface area contributed by atoms with E-state index in [1.54, 1.807) is 19.1 Å². The number of rotatable bonds is 8. The molecule has 0 unspecified atom stereocenters. The lowest BCUT2D eigenvalue weighted by Gasteiger charge is -2.05. The molecule has 1 amide bonds. The standard InChI is InChI=1S/C25H22N2O4S2/c1-2-33(29,30)21-15-13-18(14-16-21)17-22(28)26-25-27-23(19-9-5-3-6-10-19)24(32-25)31-20-11-7-4-8-12-20/h3-16H,2,17H2,1H3,(H,26,27,28). The number of nitrogens with one attached hydrogen (secondary N) is 1. The van der Waals surface area contributed by atoms with E-state index < -0.39 is 9.84 Å². The molecular formula is C25H22N2O4S2. The summed E-state index contributed by atoms with van der Waals surface area (Å²) in [5, 5.41) is 3.84. The number of amides is 1. The first kappa shape index (κ1) is 22.7. The number of carbonyl (C=O) groups excluding carboxylic acids is 1. The minimum Gasteiger partial charge on any atom is -0.444 e. The van der Waals surface area contributed by atoms with E-state index in [1.165, 1.54) is 23.5 Å². The molecule has 33 heavy (non-hydrogen) atoms. The van der Waals surface area contributed by atoms with Crippen molar-refractivity contribution in [1.29, 1.82) is 0 Å². The van der Waals surface area contributed by atoms with Gasteiger partial charge in [0, 0.05) is 5.56 Å². The normalized spacial score (nSPS) is 11.2. The van der Waals surface area contributed by atoms with E-state index in [2.05, 4.69) is 10.3 Å². The van der Waals surface area contributed by atoms with Crippen LogP contribution in [0.3, 0.4) is 0 Å². The van der Waals surface area contributed by atoms with E-state index >= 15 is 0 Å². The van der Waals surface area contributed by atoms with Crippen molar-refractivity contribution in [2.45, 2.75) is 18.2 Å². The smallest absolute Gasteiger partial charge is 0.230 e. The summed E-state index contributed by atoms with van der Waals surface area (Å²) in [5.41, 5.74) is 2.24. The fraction of sp³-hybridized carbons (Fsp3) is 0.120. The van der Waals surface area contributed by atoms with Gasteiger partial charge in [0.2, 0.25) is 11.0 Å². The van der Waals surface area contributed by atoms with Crippen LogP contribution in [0.4, 0.5) is 5.13 Å². The number of hydrogen-bond donors (Lipinski definition) is 1. The van der Waals surface area contributed by atoms with Crippen molar-refractivity contribution in [1.82, 2.24) is 4.98 Å². The van der Waals surface area contributed by atoms with Gasteiger partial charge < -0.3 is 10.1 Å². The first-order valence-electron chi connectivity index (χ1n) is 10.4. The molecule has 1 aromatic heterocycles. The fourth-order valence-corrected chi connectivity index (χ4v) is 4.89. The van der Waals surface area contributed by atoms with E-state index in [0.717, 1.165) is 5.56 Å². The van der Waals surface area contributed by atoms with Crippen LogP contribution in [0.25, 0.3) is 11.3 Å². The maximum Gasteiger partial charge on any atom is 0.230 e. The molecule has 0 bridgehead atoms. The number of benzene rings is 3. The van der Waals surface area contributed by atoms with Gasteiger partial charge in [-0.3, -0.25) is 4.79 Å². The third kappa shape index (κ3) is 5.66. The lowest BCUT2D eigenvalue weighted by Crippen LogP contribution is -2.14. The van der Waals surface area contributed by atoms with Gasteiger partial charge in [-0.2, -0.15) is 0 Å². The Morgan fingerprint density at radius 3 is 2.21 bits per heavy atom. The second-order valence-electron chi connectivity index (χ2n) is 7.21. The summed E-state index contributed by atoms with van der Waals surface area (Å²) >= 11 is 1.25. The molecule has 0 aliphatic heterocycles. The molecule has 0 saturated carbocycles. The molecule has 0 fully saturated rings. The van der Waals surface area contributed by atoms with Crippen LogP contribution in [0.5, 0.6) is 10.8 Å². The van der Waals surface area contributed by atoms with Crippen LogP contribution in [-0.4, -0.2) is 25.1 Å². The number of ether oxygens (including phenoxy) is 1. The number of anilines is 1. The zero-order valence-corrected chi connectivity index (χ0v) is 19.5. The van der Waals surface area contributed by atoms with Gasteiger partial charge in [0.25, 0.3) is 0 Å². The first-order valence-corrected chi connectivity index (χ1v) is 12.8. The predicted octanol–water partition coefficient (Wildman–Crippen LogP) is 5.58. The molecule has 8 heteroatoms. The highest BCUT2D eigenvalue weighted by atomic mass is 32.2. The van der Waals surface area contributed by atoms with Gasteiger partial charge in [0.05, 0.1) is 17.1 Å². The van der Waals surface area contributed by atoms with Crippen molar-refractivity contribution in [3.63, 3.8) is 0 Å². The van der Waals surface area contributed by atoms with Gasteiger partial charge in [0.15, 0.2) is 15.0 Å². The third-order valence-electron chi connectivity index (χ3n) is 4.87. The predicted molar refractivity (Wildman–Crippen MR) is 131 cm³/mol. The zero-order chi connectivity index (χ0) is 23.3. The number of hydrogen-bond acceptors (Lipinski definition) is 6. The largest absolute Gasteiger partial charge is 0.444 e. The monoisotopic (exact) mass is 478 g/mol. The topological polar surface area (TPSA) is 85.4 Å². The fourth-order valence-electron chi connectivity index (χ4n) is 3.13. The van der Waals surface area contributed by atoms with Crippen molar-refractivity contribution < 1.29 is 17.9 Å². The Bertz CT molecular complexity index is 1330. The van der Waals surface area contributed by atoms with Crippen molar-refractivity contribution in [3.05, 3.63) is 90.5 Å². The molecule has 0 aliphatic rings. The van der Waals surface area contributed by atoms with Crippen LogP contribution in [0, 0.1) is 0 Å². The van der Waals surface area contributed by atoms with Gasteiger partial charge >= 0.3 is 0 Å². The Morgan fingerprint density at radius 1 is 0.939 bits per heavy atom. The number of sulfone groups is 1. The second kappa shape index (κ2) is 9.97. The maximum atomic E-state index is 12.6. The van der Waals surface area contributed by atoms with Gasteiger partial charge in [-0.1, -0.05) is 78.9 Å². The van der Waals surface area contributed by atoms with Crippen molar-refractivity contribution >= 4 is 32.2 Å². The van der Waals surface area contributed by atoms with Crippen LogP contribution in [0.1, 0.15) is 12.5 Å². The minimum absolute atomic E-state index is 0.0357. The molecule has 4 rings (SSSR count). The average Bonchev–Trinajstić information content (AvgIpc) is 3.22. The summed E-state index contributed by atoms with van der Waals surface area (Å²) in [6.45, 7) is 1.60. The Morgan fingerprint density at radius 2 is 1.58 bits per heavy atom. The quantitative estimate of drug-likeness (QED) is 0.357. The Kier molecular flexibility index (Phi) is 6.86. The number of aromatic nitrogens is 1. The van der Waals surface area contributed by atoms with Crippen molar-refractivity contribution in [2.24, 2.45) is 0 Å². The highest BCUT2D eigenvalue weighted by Gasteiger charge is 2.17. The highest BCUT2D eigenvalue weighted by Crippen LogP contribution is 2.40. The molecule has 0 atom stereocenters. The molecule has 1 N–H and O–H groups in total. The summed E-state index contributed by atoms with van der Waals surface area (Å²) in [6, 6.07) is 25.4. The summed E-state index contributed by atoms with van der Waals surface area (Å²) in [5.74, 6) is 0.465. The van der Waals surface area contributed by atoms with Crippen LogP contribution < -0.4 is 10.1 Å². The summed E-state index contributed by atoms with van der Waals surface area (Å²) in [7, 11) is -3.27. The van der Waals surface area contributed by atoms with Gasteiger partial charge in [-0.05, 0) is 29.8 Å². The zero-order valence-electron chi connectivity index (χ0n) is 17.9. The third-order valence-corrected chi connectivity index (χ3v) is 7.47. The lowest BCUT2D eigenvalue weighted by atomic mass is 10.1. The SMILES string of the molecule is CCS(=O)(=O)c1ccc(CC(=O)Nc2nc(-c3ccccc3)c(Oc3ccccc3)s2)cc1. The Balaban J connectivity index is 1.52. The molecule has 168 valence electrons. The Hall–Kier alpha value is -3.49. The van der Waals surface area contributed by atoms with E-state index in [9.17, 15) is 13.2 Å². The molecule has 3 aromatic carbocycles. The molecule has 6 nitrogen and oxygen atoms in total. The molecule has 0 spiro atoms.